The van der Waals surface area contributed by atoms with Gasteiger partial charge in [-0.15, -0.1) is 0 Å². The molecule has 0 saturated heterocycles. The fourth-order valence-electron chi connectivity index (χ4n) is 2.72. The monoisotopic (exact) mass is 315 g/mol. The number of carbonyl (C=O) groups excluding carboxylic acids is 1. The van der Waals surface area contributed by atoms with Gasteiger partial charge >= 0.3 is 0 Å². The number of aliphatic hydroxyl groups excluding tert-OH is 1. The lowest BCUT2D eigenvalue weighted by Gasteiger charge is -2.06. The van der Waals surface area contributed by atoms with Crippen LogP contribution in [0.4, 0.5) is 0 Å². The van der Waals surface area contributed by atoms with Crippen LogP contribution in [0.25, 0.3) is 0 Å². The third-order valence-electron chi connectivity index (χ3n) is 4.07. The third-order valence-corrected chi connectivity index (χ3v) is 4.32. The normalized spacial score (nSPS) is 19.7. The summed E-state index contributed by atoms with van der Waals surface area (Å²) in [5, 5.41) is 12.8. The Kier molecular flexibility index (Phi) is 4.46. The molecule has 0 spiro atoms. The highest BCUT2D eigenvalue weighted by Crippen LogP contribution is 2.47. The highest BCUT2D eigenvalue weighted by Gasteiger charge is 2.43. The number of carbonyl (C=O) groups is 1. The van der Waals surface area contributed by atoms with Crippen LogP contribution in [0.5, 0.6) is 0 Å². The molecule has 0 heterocycles. The van der Waals surface area contributed by atoms with Gasteiger partial charge in [0.1, 0.15) is 0 Å². The van der Waals surface area contributed by atoms with Gasteiger partial charge in [0.05, 0.1) is 6.61 Å². The highest BCUT2D eigenvalue weighted by atomic mass is 35.5. The van der Waals surface area contributed by atoms with Crippen LogP contribution in [-0.4, -0.2) is 11.0 Å². The molecule has 2 atom stereocenters. The predicted molar refractivity (Wildman–Crippen MR) is 86.5 cm³/mol. The maximum Gasteiger partial charge on any atom is 0.224 e. The first kappa shape index (κ1) is 15.1. The summed E-state index contributed by atoms with van der Waals surface area (Å²) in [6, 6.07) is 15.3. The summed E-state index contributed by atoms with van der Waals surface area (Å²) in [6.07, 6.45) is 0.893. The Morgan fingerprint density at radius 3 is 2.64 bits per heavy atom. The zero-order valence-corrected chi connectivity index (χ0v) is 12.9. The molecule has 2 aromatic carbocycles. The van der Waals surface area contributed by atoms with Crippen molar-refractivity contribution in [2.24, 2.45) is 5.92 Å². The maximum atomic E-state index is 12.2. The van der Waals surface area contributed by atoms with Crippen molar-refractivity contribution in [2.45, 2.75) is 25.5 Å². The van der Waals surface area contributed by atoms with E-state index in [1.807, 2.05) is 48.5 Å². The number of amides is 1. The lowest BCUT2D eigenvalue weighted by atomic mass is 10.1. The van der Waals surface area contributed by atoms with E-state index in [4.69, 9.17) is 16.7 Å². The van der Waals surface area contributed by atoms with Crippen LogP contribution in [-0.2, 0) is 17.9 Å². The van der Waals surface area contributed by atoms with Gasteiger partial charge < -0.3 is 10.4 Å². The molecule has 0 aromatic heterocycles. The second-order valence-electron chi connectivity index (χ2n) is 5.70. The second kappa shape index (κ2) is 6.51. The van der Waals surface area contributed by atoms with Gasteiger partial charge in [0.15, 0.2) is 0 Å². The first-order chi connectivity index (χ1) is 10.7. The molecule has 114 valence electrons. The third kappa shape index (κ3) is 3.49. The Balaban J connectivity index is 1.54. The molecule has 0 unspecified atom stereocenters. The van der Waals surface area contributed by atoms with Crippen LogP contribution in [0.3, 0.4) is 0 Å². The van der Waals surface area contributed by atoms with E-state index in [9.17, 15) is 4.79 Å². The van der Waals surface area contributed by atoms with E-state index in [0.717, 1.165) is 17.5 Å². The van der Waals surface area contributed by atoms with Gasteiger partial charge in [0.2, 0.25) is 5.91 Å². The Morgan fingerprint density at radius 2 is 1.91 bits per heavy atom. The summed E-state index contributed by atoms with van der Waals surface area (Å²) < 4.78 is 0. The van der Waals surface area contributed by atoms with E-state index in [2.05, 4.69) is 5.32 Å². The fourth-order valence-corrected chi connectivity index (χ4v) is 2.85. The first-order valence-electron chi connectivity index (χ1n) is 7.39. The van der Waals surface area contributed by atoms with Gasteiger partial charge in [0, 0.05) is 17.5 Å². The Labute approximate surface area is 134 Å². The number of halogens is 1. The fraction of sp³-hybridized carbons (Fsp3) is 0.278. The molecule has 1 aliphatic carbocycles. The van der Waals surface area contributed by atoms with Gasteiger partial charge in [-0.2, -0.15) is 0 Å². The van der Waals surface area contributed by atoms with Crippen LogP contribution >= 0.6 is 11.6 Å². The summed E-state index contributed by atoms with van der Waals surface area (Å²) in [4.78, 5) is 12.2. The smallest absolute Gasteiger partial charge is 0.224 e. The van der Waals surface area contributed by atoms with Crippen molar-refractivity contribution in [2.75, 3.05) is 0 Å². The zero-order valence-electron chi connectivity index (χ0n) is 12.1. The van der Waals surface area contributed by atoms with E-state index >= 15 is 0 Å². The summed E-state index contributed by atoms with van der Waals surface area (Å²) in [6.45, 7) is 0.513. The minimum Gasteiger partial charge on any atom is -0.392 e. The van der Waals surface area contributed by atoms with Gasteiger partial charge in [-0.25, -0.2) is 0 Å². The standard InChI is InChI=1S/C18H18ClNO2/c19-15-6-4-14(5-7-15)16-9-17(16)18(22)20-10-12-2-1-3-13(8-12)11-21/h1-8,16-17,21H,9-11H2,(H,20,22)/t16-,17-/m1/s1. The molecular weight excluding hydrogens is 298 g/mol. The molecule has 1 amide bonds. The predicted octanol–water partition coefficient (Wildman–Crippen LogP) is 3.25. The van der Waals surface area contributed by atoms with E-state index < -0.39 is 0 Å². The molecule has 0 radical (unpaired) electrons. The van der Waals surface area contributed by atoms with Crippen molar-refractivity contribution in [3.05, 3.63) is 70.2 Å². The van der Waals surface area contributed by atoms with Gasteiger partial charge in [-0.1, -0.05) is 48.0 Å². The van der Waals surface area contributed by atoms with Crippen LogP contribution in [0.15, 0.2) is 48.5 Å². The summed E-state index contributed by atoms with van der Waals surface area (Å²) in [7, 11) is 0. The van der Waals surface area contributed by atoms with E-state index in [0.29, 0.717) is 17.5 Å². The molecule has 2 aromatic rings. The summed E-state index contributed by atoms with van der Waals surface area (Å²) in [5.41, 5.74) is 3.03. The molecule has 3 nitrogen and oxygen atoms in total. The lowest BCUT2D eigenvalue weighted by Crippen LogP contribution is -2.24. The average molecular weight is 316 g/mol. The molecule has 2 N–H and O–H groups in total. The van der Waals surface area contributed by atoms with Crippen molar-refractivity contribution in [3.8, 4) is 0 Å². The minimum absolute atomic E-state index is 0.0169. The minimum atomic E-state index is 0.0169. The summed E-state index contributed by atoms with van der Waals surface area (Å²) >= 11 is 5.88. The van der Waals surface area contributed by atoms with E-state index in [-0.39, 0.29) is 18.4 Å². The molecule has 22 heavy (non-hydrogen) atoms. The molecule has 3 rings (SSSR count). The molecule has 1 fully saturated rings. The van der Waals surface area contributed by atoms with Crippen LogP contribution < -0.4 is 5.32 Å². The molecule has 4 heteroatoms. The highest BCUT2D eigenvalue weighted by molar-refractivity contribution is 6.30. The number of nitrogens with one attached hydrogen (secondary N) is 1. The van der Waals surface area contributed by atoms with Crippen molar-refractivity contribution in [1.82, 2.24) is 5.32 Å². The Morgan fingerprint density at radius 1 is 1.18 bits per heavy atom. The van der Waals surface area contributed by atoms with Crippen molar-refractivity contribution >= 4 is 17.5 Å². The van der Waals surface area contributed by atoms with Gasteiger partial charge in [-0.3, -0.25) is 4.79 Å². The molecule has 0 bridgehead atoms. The van der Waals surface area contributed by atoms with Crippen molar-refractivity contribution in [3.63, 3.8) is 0 Å². The Bertz CT molecular complexity index is 669. The second-order valence-corrected chi connectivity index (χ2v) is 6.13. The van der Waals surface area contributed by atoms with E-state index in [1.165, 1.54) is 5.56 Å². The average Bonchev–Trinajstić information content (AvgIpc) is 3.34. The van der Waals surface area contributed by atoms with Crippen LogP contribution in [0.1, 0.15) is 29.0 Å². The largest absolute Gasteiger partial charge is 0.392 e. The zero-order chi connectivity index (χ0) is 15.5. The molecule has 1 saturated carbocycles. The van der Waals surface area contributed by atoms with Crippen molar-refractivity contribution < 1.29 is 9.90 Å². The number of rotatable bonds is 5. The summed E-state index contributed by atoms with van der Waals surface area (Å²) in [5.74, 6) is 0.456. The van der Waals surface area contributed by atoms with Gasteiger partial charge in [-0.05, 0) is 41.2 Å². The molecule has 0 aliphatic heterocycles. The first-order valence-corrected chi connectivity index (χ1v) is 7.77. The number of benzene rings is 2. The number of hydrogen-bond acceptors (Lipinski definition) is 2. The van der Waals surface area contributed by atoms with Crippen molar-refractivity contribution in [1.29, 1.82) is 0 Å². The van der Waals surface area contributed by atoms with Crippen LogP contribution in [0.2, 0.25) is 5.02 Å². The van der Waals surface area contributed by atoms with Crippen LogP contribution in [0, 0.1) is 5.92 Å². The Hall–Kier alpha value is -1.84. The number of aliphatic hydroxyl groups is 1. The maximum absolute atomic E-state index is 12.2. The van der Waals surface area contributed by atoms with Gasteiger partial charge in [0.25, 0.3) is 0 Å². The molecule has 1 aliphatic rings. The quantitative estimate of drug-likeness (QED) is 0.890. The topological polar surface area (TPSA) is 49.3 Å². The molecular formula is C18H18ClNO2. The number of hydrogen-bond donors (Lipinski definition) is 2. The SMILES string of the molecule is O=C(NCc1cccc(CO)c1)[C@@H]1C[C@@H]1c1ccc(Cl)cc1. The lowest BCUT2D eigenvalue weighted by molar-refractivity contribution is -0.122. The van der Waals surface area contributed by atoms with E-state index in [1.54, 1.807) is 0 Å².